The Morgan fingerprint density at radius 1 is 1.22 bits per heavy atom. The van der Waals surface area contributed by atoms with E-state index in [0.717, 1.165) is 28.8 Å². The molecule has 7 nitrogen and oxygen atoms in total. The lowest BCUT2D eigenvalue weighted by Crippen LogP contribution is -2.39. The van der Waals surface area contributed by atoms with Crippen LogP contribution in [-0.4, -0.2) is 42.9 Å². The SMILES string of the molecule is CCOc1ccc2c(c1)sc(=NC(=O)c1ccc(S(=O)(=O)N3CCCC(C)C3)cc1)n2C. The van der Waals surface area contributed by atoms with Gasteiger partial charge in [-0.15, -0.1) is 0 Å². The predicted molar refractivity (Wildman–Crippen MR) is 125 cm³/mol. The summed E-state index contributed by atoms with van der Waals surface area (Å²) in [5.74, 6) is 0.720. The first-order valence-corrected chi connectivity index (χ1v) is 13.0. The minimum atomic E-state index is -3.55. The number of piperidine rings is 1. The third-order valence-electron chi connectivity index (χ3n) is 5.65. The van der Waals surface area contributed by atoms with E-state index in [2.05, 4.69) is 11.9 Å². The molecule has 4 rings (SSSR count). The Bertz CT molecular complexity index is 1310. The van der Waals surface area contributed by atoms with Gasteiger partial charge in [0.1, 0.15) is 5.75 Å². The van der Waals surface area contributed by atoms with Gasteiger partial charge >= 0.3 is 0 Å². The number of rotatable bonds is 5. The lowest BCUT2D eigenvalue weighted by Gasteiger charge is -2.30. The van der Waals surface area contributed by atoms with Gasteiger partial charge in [0.05, 0.1) is 21.7 Å². The fourth-order valence-electron chi connectivity index (χ4n) is 3.91. The molecule has 9 heteroatoms. The summed E-state index contributed by atoms with van der Waals surface area (Å²) in [6, 6.07) is 11.8. The summed E-state index contributed by atoms with van der Waals surface area (Å²) in [5, 5.41) is 0. The topological polar surface area (TPSA) is 81.0 Å². The van der Waals surface area contributed by atoms with Gasteiger partial charge in [0.25, 0.3) is 5.91 Å². The molecule has 170 valence electrons. The van der Waals surface area contributed by atoms with Gasteiger partial charge in [-0.25, -0.2) is 8.42 Å². The molecular weight excluding hydrogens is 446 g/mol. The van der Waals surface area contributed by atoms with Crippen LogP contribution >= 0.6 is 11.3 Å². The molecular formula is C23H27N3O4S2. The fourth-order valence-corrected chi connectivity index (χ4v) is 6.56. The minimum absolute atomic E-state index is 0.207. The molecule has 2 heterocycles. The molecule has 0 saturated carbocycles. The zero-order valence-corrected chi connectivity index (χ0v) is 20.1. The van der Waals surface area contributed by atoms with Gasteiger partial charge < -0.3 is 9.30 Å². The zero-order valence-electron chi connectivity index (χ0n) is 18.4. The number of benzene rings is 2. The summed E-state index contributed by atoms with van der Waals surface area (Å²) < 4.78 is 35.8. The smallest absolute Gasteiger partial charge is 0.279 e. The Balaban J connectivity index is 1.59. The third kappa shape index (κ3) is 4.51. The van der Waals surface area contributed by atoms with E-state index >= 15 is 0 Å². The molecule has 0 spiro atoms. The van der Waals surface area contributed by atoms with Crippen LogP contribution in [0.2, 0.25) is 0 Å². The van der Waals surface area contributed by atoms with Gasteiger partial charge in [-0.3, -0.25) is 4.79 Å². The van der Waals surface area contributed by atoms with E-state index in [4.69, 9.17) is 4.74 Å². The maximum absolute atomic E-state index is 12.9. The van der Waals surface area contributed by atoms with Crippen molar-refractivity contribution in [3.8, 4) is 5.75 Å². The van der Waals surface area contributed by atoms with Crippen molar-refractivity contribution in [2.75, 3.05) is 19.7 Å². The van der Waals surface area contributed by atoms with Gasteiger partial charge in [-0.1, -0.05) is 18.3 Å². The maximum atomic E-state index is 12.9. The lowest BCUT2D eigenvalue weighted by molar-refractivity contribution is 0.0998. The molecule has 1 unspecified atom stereocenters. The van der Waals surface area contributed by atoms with Gasteiger partial charge in [0.15, 0.2) is 4.80 Å². The van der Waals surface area contributed by atoms with E-state index in [0.29, 0.717) is 36.0 Å². The van der Waals surface area contributed by atoms with Crippen molar-refractivity contribution >= 4 is 37.5 Å². The Labute approximate surface area is 192 Å². The summed E-state index contributed by atoms with van der Waals surface area (Å²) in [5.41, 5.74) is 1.31. The number of carbonyl (C=O) groups excluding carboxylic acids is 1. The van der Waals surface area contributed by atoms with Crippen molar-refractivity contribution in [3.63, 3.8) is 0 Å². The van der Waals surface area contributed by atoms with Gasteiger partial charge in [-0.2, -0.15) is 9.30 Å². The first-order valence-electron chi connectivity index (χ1n) is 10.7. The number of aromatic nitrogens is 1. The molecule has 3 aromatic rings. The van der Waals surface area contributed by atoms with Gasteiger partial charge in [0.2, 0.25) is 10.0 Å². The highest BCUT2D eigenvalue weighted by molar-refractivity contribution is 7.89. The van der Waals surface area contributed by atoms with Crippen LogP contribution in [0.1, 0.15) is 37.0 Å². The van der Waals surface area contributed by atoms with E-state index in [1.54, 1.807) is 0 Å². The van der Waals surface area contributed by atoms with Crippen molar-refractivity contribution in [3.05, 3.63) is 52.8 Å². The quantitative estimate of drug-likeness (QED) is 0.565. The van der Waals surface area contributed by atoms with E-state index in [1.807, 2.05) is 36.7 Å². The highest BCUT2D eigenvalue weighted by Crippen LogP contribution is 2.25. The molecule has 32 heavy (non-hydrogen) atoms. The number of hydrogen-bond donors (Lipinski definition) is 0. The molecule has 1 fully saturated rings. The molecule has 1 aromatic heterocycles. The Kier molecular flexibility index (Phi) is 6.50. The molecule has 1 atom stereocenters. The van der Waals surface area contributed by atoms with Crippen LogP contribution in [0.25, 0.3) is 10.2 Å². The summed E-state index contributed by atoms with van der Waals surface area (Å²) in [6.45, 7) is 5.65. The van der Waals surface area contributed by atoms with Gasteiger partial charge in [-0.05, 0) is 68.1 Å². The second-order valence-corrected chi connectivity index (χ2v) is 11.0. The zero-order chi connectivity index (χ0) is 22.9. The summed E-state index contributed by atoms with van der Waals surface area (Å²) in [6.07, 6.45) is 1.91. The highest BCUT2D eigenvalue weighted by Gasteiger charge is 2.28. The van der Waals surface area contributed by atoms with E-state index in [9.17, 15) is 13.2 Å². The van der Waals surface area contributed by atoms with Crippen LogP contribution in [0.3, 0.4) is 0 Å². The predicted octanol–water partition coefficient (Wildman–Crippen LogP) is 3.80. The van der Waals surface area contributed by atoms with E-state index < -0.39 is 15.9 Å². The number of fused-ring (bicyclic) bond motifs is 1. The molecule has 1 amide bonds. The van der Waals surface area contributed by atoms with Crippen LogP contribution in [-0.2, 0) is 17.1 Å². The monoisotopic (exact) mass is 473 g/mol. The molecule has 2 aromatic carbocycles. The number of aryl methyl sites for hydroxylation is 1. The normalized spacial score (nSPS) is 18.2. The maximum Gasteiger partial charge on any atom is 0.279 e. The van der Waals surface area contributed by atoms with Crippen LogP contribution in [0.5, 0.6) is 5.75 Å². The van der Waals surface area contributed by atoms with Crippen LogP contribution in [0, 0.1) is 5.92 Å². The first-order chi connectivity index (χ1) is 15.3. The van der Waals surface area contributed by atoms with E-state index in [-0.39, 0.29) is 4.90 Å². The third-order valence-corrected chi connectivity index (χ3v) is 8.62. The van der Waals surface area contributed by atoms with Crippen molar-refractivity contribution in [2.24, 2.45) is 18.0 Å². The standard InChI is InChI=1S/C23H27N3O4S2/c1-4-30-18-9-12-20-21(14-18)31-23(25(20)3)24-22(27)17-7-10-19(11-8-17)32(28,29)26-13-5-6-16(2)15-26/h7-12,14,16H,4-6,13,15H2,1-3H3. The largest absolute Gasteiger partial charge is 0.494 e. The second-order valence-electron chi connectivity index (χ2n) is 8.06. The van der Waals surface area contributed by atoms with Crippen molar-refractivity contribution in [1.29, 1.82) is 0 Å². The van der Waals surface area contributed by atoms with Crippen molar-refractivity contribution < 1.29 is 17.9 Å². The number of amides is 1. The van der Waals surface area contributed by atoms with Crippen LogP contribution < -0.4 is 9.54 Å². The van der Waals surface area contributed by atoms with Gasteiger partial charge in [0, 0.05) is 25.7 Å². The molecule has 0 N–H and O–H groups in total. The lowest BCUT2D eigenvalue weighted by atomic mass is 10.0. The Morgan fingerprint density at radius 2 is 1.97 bits per heavy atom. The van der Waals surface area contributed by atoms with E-state index in [1.165, 1.54) is 39.9 Å². The fraction of sp³-hybridized carbons (Fsp3) is 0.391. The number of thiazole rings is 1. The van der Waals surface area contributed by atoms with Crippen LogP contribution in [0.4, 0.5) is 0 Å². The average molecular weight is 474 g/mol. The molecule has 0 aliphatic carbocycles. The molecule has 0 radical (unpaired) electrons. The minimum Gasteiger partial charge on any atom is -0.494 e. The molecule has 0 bridgehead atoms. The summed E-state index contributed by atoms with van der Waals surface area (Å²) in [4.78, 5) is 17.8. The van der Waals surface area contributed by atoms with Crippen molar-refractivity contribution in [2.45, 2.75) is 31.6 Å². The number of ether oxygens (including phenoxy) is 1. The first kappa shape index (κ1) is 22.7. The van der Waals surface area contributed by atoms with Crippen molar-refractivity contribution in [1.82, 2.24) is 8.87 Å². The van der Waals surface area contributed by atoms with Crippen LogP contribution in [0.15, 0.2) is 52.4 Å². The number of sulfonamides is 1. The summed E-state index contributed by atoms with van der Waals surface area (Å²) >= 11 is 1.41. The highest BCUT2D eigenvalue weighted by atomic mass is 32.2. The molecule has 1 aliphatic heterocycles. The molecule has 1 aliphatic rings. The average Bonchev–Trinajstić information content (AvgIpc) is 3.08. The number of nitrogens with zero attached hydrogens (tertiary/aromatic N) is 3. The summed E-state index contributed by atoms with van der Waals surface area (Å²) in [7, 11) is -1.69. The number of hydrogen-bond acceptors (Lipinski definition) is 5. The molecule has 1 saturated heterocycles. The Hall–Kier alpha value is -2.49. The Morgan fingerprint density at radius 3 is 2.66 bits per heavy atom. The second kappa shape index (κ2) is 9.17. The number of carbonyl (C=O) groups is 1.